The van der Waals surface area contributed by atoms with Crippen molar-refractivity contribution in [2.75, 3.05) is 5.73 Å². The number of hydrogen-bond donors (Lipinski definition) is 2. The second-order valence-corrected chi connectivity index (χ2v) is 4.13. The summed E-state index contributed by atoms with van der Waals surface area (Å²) in [6, 6.07) is 7.16. The van der Waals surface area contributed by atoms with Gasteiger partial charge < -0.3 is 11.1 Å². The molecule has 0 atom stereocenters. The molecule has 0 spiro atoms. The highest BCUT2D eigenvalue weighted by atomic mass is 19.2. The summed E-state index contributed by atoms with van der Waals surface area (Å²) in [4.78, 5) is 11.8. The van der Waals surface area contributed by atoms with Gasteiger partial charge in [0.25, 0.3) is 5.91 Å². The lowest BCUT2D eigenvalue weighted by Crippen LogP contribution is -2.24. The Labute approximate surface area is 113 Å². The van der Waals surface area contributed by atoms with Crippen LogP contribution in [0, 0.1) is 17.5 Å². The van der Waals surface area contributed by atoms with E-state index in [0.29, 0.717) is 5.56 Å². The van der Waals surface area contributed by atoms with Crippen LogP contribution in [0.25, 0.3) is 0 Å². The van der Waals surface area contributed by atoms with Crippen molar-refractivity contribution in [2.45, 2.75) is 6.54 Å². The largest absolute Gasteiger partial charge is 0.396 e. The maximum Gasteiger partial charge on any atom is 0.253 e. The number of nitrogen functional groups attached to an aromatic ring is 1. The molecule has 0 bridgehead atoms. The molecule has 3 nitrogen and oxygen atoms in total. The molecule has 1 amide bonds. The maximum atomic E-state index is 13.2. The summed E-state index contributed by atoms with van der Waals surface area (Å²) in [5.41, 5.74) is 5.57. The Morgan fingerprint density at radius 1 is 1.05 bits per heavy atom. The highest BCUT2D eigenvalue weighted by Gasteiger charge is 2.12. The van der Waals surface area contributed by atoms with Crippen LogP contribution in [0.2, 0.25) is 0 Å². The molecular weight excluding hydrogens is 269 g/mol. The molecule has 0 aliphatic heterocycles. The molecule has 104 valence electrons. The summed E-state index contributed by atoms with van der Waals surface area (Å²) in [7, 11) is 0. The second kappa shape index (κ2) is 5.64. The van der Waals surface area contributed by atoms with Crippen LogP contribution in [0.3, 0.4) is 0 Å². The van der Waals surface area contributed by atoms with Crippen molar-refractivity contribution in [1.29, 1.82) is 0 Å². The molecule has 6 heteroatoms. The van der Waals surface area contributed by atoms with Crippen molar-refractivity contribution in [3.63, 3.8) is 0 Å². The molecular formula is C14H11F3N2O. The molecule has 3 N–H and O–H groups in total. The zero-order chi connectivity index (χ0) is 14.7. The number of nitrogens with one attached hydrogen (secondary N) is 1. The normalized spacial score (nSPS) is 10.3. The molecule has 20 heavy (non-hydrogen) atoms. The summed E-state index contributed by atoms with van der Waals surface area (Å²) in [5, 5.41) is 2.46. The van der Waals surface area contributed by atoms with Crippen molar-refractivity contribution in [2.24, 2.45) is 0 Å². The van der Waals surface area contributed by atoms with E-state index < -0.39 is 23.4 Å². The first-order valence-electron chi connectivity index (χ1n) is 5.75. The number of nitrogens with two attached hydrogens (primary N) is 1. The molecule has 0 aromatic heterocycles. The number of amides is 1. The predicted octanol–water partition coefficient (Wildman–Crippen LogP) is 2.62. The second-order valence-electron chi connectivity index (χ2n) is 4.13. The van der Waals surface area contributed by atoms with Gasteiger partial charge in [-0.05, 0) is 29.8 Å². The van der Waals surface area contributed by atoms with Crippen molar-refractivity contribution in [3.05, 3.63) is 65.0 Å². The smallest absolute Gasteiger partial charge is 0.253 e. The molecule has 0 heterocycles. The van der Waals surface area contributed by atoms with Crippen molar-refractivity contribution >= 4 is 11.6 Å². The van der Waals surface area contributed by atoms with Crippen LogP contribution in [0.1, 0.15) is 15.9 Å². The Kier molecular flexibility index (Phi) is 3.93. The number of hydrogen-bond acceptors (Lipinski definition) is 2. The molecule has 2 aromatic carbocycles. The van der Waals surface area contributed by atoms with Crippen molar-refractivity contribution in [1.82, 2.24) is 5.32 Å². The lowest BCUT2D eigenvalue weighted by atomic mass is 10.1. The van der Waals surface area contributed by atoms with Gasteiger partial charge in [0.05, 0.1) is 11.3 Å². The fourth-order valence-corrected chi connectivity index (χ4v) is 1.66. The minimum atomic E-state index is -0.998. The monoisotopic (exact) mass is 280 g/mol. The number of halogens is 3. The molecule has 0 aliphatic rings. The molecule has 0 aliphatic carbocycles. The van der Waals surface area contributed by atoms with Crippen molar-refractivity contribution < 1.29 is 18.0 Å². The third-order valence-electron chi connectivity index (χ3n) is 2.73. The Balaban J connectivity index is 2.08. The van der Waals surface area contributed by atoms with Crippen LogP contribution in [0.15, 0.2) is 36.4 Å². The molecule has 2 aromatic rings. The molecule has 2 rings (SSSR count). The summed E-state index contributed by atoms with van der Waals surface area (Å²) >= 11 is 0. The number of benzene rings is 2. The zero-order valence-corrected chi connectivity index (χ0v) is 10.3. The predicted molar refractivity (Wildman–Crippen MR) is 68.3 cm³/mol. The standard InChI is InChI=1S/C14H11F3N2O/c15-10-5-4-8(6-12(10)17)7-19-14(20)9-2-1-3-11(16)13(9)18/h1-6H,7,18H2,(H,19,20). The van der Waals surface area contributed by atoms with Gasteiger partial charge in [0.15, 0.2) is 11.6 Å². The molecule has 0 saturated heterocycles. The Morgan fingerprint density at radius 3 is 2.50 bits per heavy atom. The summed E-state index contributed by atoms with van der Waals surface area (Å²) in [6.45, 7) is -0.0218. The van der Waals surface area contributed by atoms with Crippen LogP contribution in [0.4, 0.5) is 18.9 Å². The van der Waals surface area contributed by atoms with Gasteiger partial charge in [-0.3, -0.25) is 4.79 Å². The van der Waals surface area contributed by atoms with Crippen LogP contribution in [0.5, 0.6) is 0 Å². The number of carbonyl (C=O) groups excluding carboxylic acids is 1. The quantitative estimate of drug-likeness (QED) is 0.849. The number of para-hydroxylation sites is 1. The van der Waals surface area contributed by atoms with E-state index in [-0.39, 0.29) is 17.8 Å². The molecule has 0 radical (unpaired) electrons. The lowest BCUT2D eigenvalue weighted by molar-refractivity contribution is 0.0951. The van der Waals surface area contributed by atoms with Gasteiger partial charge in [-0.25, -0.2) is 13.2 Å². The van der Waals surface area contributed by atoms with E-state index in [0.717, 1.165) is 18.2 Å². The van der Waals surface area contributed by atoms with E-state index in [9.17, 15) is 18.0 Å². The minimum Gasteiger partial charge on any atom is -0.396 e. The summed E-state index contributed by atoms with van der Waals surface area (Å²) < 4.78 is 38.9. The average Bonchev–Trinajstić information content (AvgIpc) is 2.43. The van der Waals surface area contributed by atoms with Gasteiger partial charge in [0.2, 0.25) is 0 Å². The lowest BCUT2D eigenvalue weighted by Gasteiger charge is -2.08. The summed E-state index contributed by atoms with van der Waals surface area (Å²) in [6.07, 6.45) is 0. The van der Waals surface area contributed by atoms with Gasteiger partial charge in [-0.2, -0.15) is 0 Å². The maximum absolute atomic E-state index is 13.2. The van der Waals surface area contributed by atoms with Crippen molar-refractivity contribution in [3.8, 4) is 0 Å². The summed E-state index contributed by atoms with van der Waals surface area (Å²) in [5.74, 6) is -3.24. The highest BCUT2D eigenvalue weighted by molar-refractivity contribution is 5.99. The first kappa shape index (κ1) is 13.9. The van der Waals surface area contributed by atoms with E-state index in [1.54, 1.807) is 0 Å². The fourth-order valence-electron chi connectivity index (χ4n) is 1.66. The van der Waals surface area contributed by atoms with Gasteiger partial charge >= 0.3 is 0 Å². The highest BCUT2D eigenvalue weighted by Crippen LogP contribution is 2.16. The third-order valence-corrected chi connectivity index (χ3v) is 2.73. The minimum absolute atomic E-state index is 0.00687. The average molecular weight is 280 g/mol. The Bertz CT molecular complexity index is 659. The first-order chi connectivity index (χ1) is 9.49. The van der Waals surface area contributed by atoms with Gasteiger partial charge in [0.1, 0.15) is 5.82 Å². The SMILES string of the molecule is Nc1c(F)cccc1C(=O)NCc1ccc(F)c(F)c1. The van der Waals surface area contributed by atoms with Crippen LogP contribution in [-0.4, -0.2) is 5.91 Å². The fraction of sp³-hybridized carbons (Fsp3) is 0.0714. The molecule has 0 fully saturated rings. The topological polar surface area (TPSA) is 55.1 Å². The first-order valence-corrected chi connectivity index (χ1v) is 5.75. The number of anilines is 1. The van der Waals surface area contributed by atoms with Gasteiger partial charge in [0, 0.05) is 6.54 Å². The van der Waals surface area contributed by atoms with E-state index in [1.807, 2.05) is 0 Å². The third kappa shape index (κ3) is 2.90. The van der Waals surface area contributed by atoms with E-state index in [1.165, 1.54) is 18.2 Å². The Morgan fingerprint density at radius 2 is 1.80 bits per heavy atom. The molecule has 0 unspecified atom stereocenters. The molecule has 0 saturated carbocycles. The van der Waals surface area contributed by atoms with E-state index in [2.05, 4.69) is 5.32 Å². The number of carbonyl (C=O) groups is 1. The van der Waals surface area contributed by atoms with Crippen LogP contribution in [-0.2, 0) is 6.54 Å². The zero-order valence-electron chi connectivity index (χ0n) is 10.3. The van der Waals surface area contributed by atoms with Crippen LogP contribution < -0.4 is 11.1 Å². The van der Waals surface area contributed by atoms with E-state index in [4.69, 9.17) is 5.73 Å². The Hall–Kier alpha value is -2.50. The van der Waals surface area contributed by atoms with Crippen LogP contribution >= 0.6 is 0 Å². The number of rotatable bonds is 3. The van der Waals surface area contributed by atoms with E-state index >= 15 is 0 Å². The van der Waals surface area contributed by atoms with Gasteiger partial charge in [-0.1, -0.05) is 12.1 Å². The van der Waals surface area contributed by atoms with Gasteiger partial charge in [-0.15, -0.1) is 0 Å².